The molecule has 7 nitrogen and oxygen atoms in total. The first-order chi connectivity index (χ1) is 12.3. The summed E-state index contributed by atoms with van der Waals surface area (Å²) in [4.78, 5) is 18.8. The van der Waals surface area contributed by atoms with Crippen molar-refractivity contribution in [1.82, 2.24) is 29.5 Å². The number of nitrogens with one attached hydrogen (secondary N) is 1. The third kappa shape index (κ3) is 3.92. The fourth-order valence-corrected chi connectivity index (χ4v) is 3.90. The van der Waals surface area contributed by atoms with E-state index in [-0.39, 0.29) is 5.91 Å². The van der Waals surface area contributed by atoms with Crippen molar-refractivity contribution in [2.75, 3.05) is 19.6 Å². The van der Waals surface area contributed by atoms with Crippen molar-refractivity contribution in [1.29, 1.82) is 0 Å². The van der Waals surface area contributed by atoms with Gasteiger partial charge in [0.25, 0.3) is 0 Å². The molecule has 0 unspecified atom stereocenters. The average Bonchev–Trinajstić information content (AvgIpc) is 3.29. The van der Waals surface area contributed by atoms with Crippen LogP contribution in [0.3, 0.4) is 0 Å². The molecule has 2 aliphatic heterocycles. The lowest BCUT2D eigenvalue weighted by molar-refractivity contribution is -0.133. The molecule has 1 N–H and O–H groups in total. The molecule has 4 heterocycles. The number of aryl methyl sites for hydroxylation is 1. The summed E-state index contributed by atoms with van der Waals surface area (Å²) in [6.45, 7) is 5.47. The van der Waals surface area contributed by atoms with E-state index in [0.717, 1.165) is 57.8 Å². The Kier molecular flexibility index (Phi) is 4.83. The molecule has 0 bridgehead atoms. The number of aromatic nitrogens is 4. The minimum Gasteiger partial charge on any atom is -0.342 e. The zero-order chi connectivity index (χ0) is 17.1. The number of hydrogen-bond acceptors (Lipinski definition) is 4. The standard InChI is InChI=1S/C18H26N6O/c25-18(4-3-16-10-17-11-19-6-9-24(17)21-16)23-7-1-2-15(13-23)12-22-8-5-20-14-22/h5,8,10,14-15,19H,1-4,6-7,9,11-13H2/t15-/m1/s1. The summed E-state index contributed by atoms with van der Waals surface area (Å²) in [5.74, 6) is 0.789. The van der Waals surface area contributed by atoms with Crippen molar-refractivity contribution in [3.8, 4) is 0 Å². The quantitative estimate of drug-likeness (QED) is 0.882. The average molecular weight is 342 g/mol. The van der Waals surface area contributed by atoms with Gasteiger partial charge in [-0.3, -0.25) is 9.48 Å². The van der Waals surface area contributed by atoms with Crippen LogP contribution in [-0.2, 0) is 30.8 Å². The van der Waals surface area contributed by atoms with Gasteiger partial charge in [-0.15, -0.1) is 0 Å². The summed E-state index contributed by atoms with van der Waals surface area (Å²) >= 11 is 0. The van der Waals surface area contributed by atoms with Gasteiger partial charge in [-0.25, -0.2) is 4.98 Å². The van der Waals surface area contributed by atoms with Crippen molar-refractivity contribution >= 4 is 5.91 Å². The Labute approximate surface area is 148 Å². The largest absolute Gasteiger partial charge is 0.342 e. The minimum absolute atomic E-state index is 0.263. The minimum atomic E-state index is 0.263. The smallest absolute Gasteiger partial charge is 0.222 e. The second kappa shape index (κ2) is 7.39. The van der Waals surface area contributed by atoms with Crippen molar-refractivity contribution < 1.29 is 4.79 Å². The second-order valence-electron chi connectivity index (χ2n) is 7.13. The van der Waals surface area contributed by atoms with Gasteiger partial charge in [0, 0.05) is 58.0 Å². The van der Waals surface area contributed by atoms with Gasteiger partial charge in [0.1, 0.15) is 0 Å². The van der Waals surface area contributed by atoms with E-state index in [1.54, 1.807) is 0 Å². The topological polar surface area (TPSA) is 68.0 Å². The van der Waals surface area contributed by atoms with E-state index in [1.165, 1.54) is 12.1 Å². The Morgan fingerprint density at radius 3 is 3.16 bits per heavy atom. The van der Waals surface area contributed by atoms with Crippen LogP contribution in [-0.4, -0.2) is 49.8 Å². The van der Waals surface area contributed by atoms with E-state index in [9.17, 15) is 4.79 Å². The fraction of sp³-hybridized carbons (Fsp3) is 0.611. The highest BCUT2D eigenvalue weighted by Crippen LogP contribution is 2.19. The predicted molar refractivity (Wildman–Crippen MR) is 93.8 cm³/mol. The Morgan fingerprint density at radius 1 is 1.36 bits per heavy atom. The van der Waals surface area contributed by atoms with Crippen LogP contribution >= 0.6 is 0 Å². The van der Waals surface area contributed by atoms with E-state index in [0.29, 0.717) is 12.3 Å². The number of nitrogens with zero attached hydrogens (tertiary/aromatic N) is 5. The lowest BCUT2D eigenvalue weighted by Crippen LogP contribution is -2.41. The number of hydrogen-bond donors (Lipinski definition) is 1. The molecule has 134 valence electrons. The first kappa shape index (κ1) is 16.3. The van der Waals surface area contributed by atoms with Crippen molar-refractivity contribution in [3.05, 3.63) is 36.2 Å². The molecule has 2 aromatic heterocycles. The summed E-state index contributed by atoms with van der Waals surface area (Å²) in [5.41, 5.74) is 2.27. The van der Waals surface area contributed by atoms with Crippen LogP contribution in [0.1, 0.15) is 30.7 Å². The Balaban J connectivity index is 1.29. The SMILES string of the molecule is O=C(CCc1cc2n(n1)CCNC2)N1CCC[C@H](Cn2ccnc2)C1. The van der Waals surface area contributed by atoms with Gasteiger partial charge in [-0.1, -0.05) is 0 Å². The highest BCUT2D eigenvalue weighted by Gasteiger charge is 2.24. The second-order valence-corrected chi connectivity index (χ2v) is 7.13. The molecule has 7 heteroatoms. The van der Waals surface area contributed by atoms with Crippen molar-refractivity contribution in [2.45, 2.75) is 45.3 Å². The summed E-state index contributed by atoms with van der Waals surface area (Å²) in [6.07, 6.45) is 9.24. The molecule has 1 saturated heterocycles. The van der Waals surface area contributed by atoms with Gasteiger partial charge in [0.05, 0.1) is 24.3 Å². The Morgan fingerprint density at radius 2 is 2.32 bits per heavy atom. The molecular formula is C18H26N6O. The number of imidazole rings is 1. The van der Waals surface area contributed by atoms with E-state index in [1.807, 2.05) is 23.6 Å². The Hall–Kier alpha value is -2.15. The molecule has 0 aromatic carbocycles. The molecule has 0 radical (unpaired) electrons. The van der Waals surface area contributed by atoms with Crippen LogP contribution in [0, 0.1) is 5.92 Å². The van der Waals surface area contributed by atoms with E-state index in [4.69, 9.17) is 0 Å². The first-order valence-electron chi connectivity index (χ1n) is 9.28. The summed E-state index contributed by atoms with van der Waals surface area (Å²) in [5, 5.41) is 7.98. The number of carbonyl (C=O) groups excluding carboxylic acids is 1. The molecule has 2 aromatic rings. The van der Waals surface area contributed by atoms with Crippen molar-refractivity contribution in [2.24, 2.45) is 5.92 Å². The van der Waals surface area contributed by atoms with Gasteiger partial charge in [-0.05, 0) is 24.8 Å². The molecule has 0 saturated carbocycles. The maximum atomic E-state index is 12.6. The van der Waals surface area contributed by atoms with Gasteiger partial charge >= 0.3 is 0 Å². The summed E-state index contributed by atoms with van der Waals surface area (Å²) in [7, 11) is 0. The molecule has 25 heavy (non-hydrogen) atoms. The molecule has 1 fully saturated rings. The number of carbonyl (C=O) groups is 1. The van der Waals surface area contributed by atoms with E-state index < -0.39 is 0 Å². The van der Waals surface area contributed by atoms with E-state index in [2.05, 4.69) is 30.7 Å². The zero-order valence-electron chi connectivity index (χ0n) is 14.6. The van der Waals surface area contributed by atoms with Crippen LogP contribution in [0.15, 0.2) is 24.8 Å². The first-order valence-corrected chi connectivity index (χ1v) is 9.28. The maximum Gasteiger partial charge on any atom is 0.222 e. The number of fused-ring (bicyclic) bond motifs is 1. The van der Waals surface area contributed by atoms with E-state index >= 15 is 0 Å². The highest BCUT2D eigenvalue weighted by molar-refractivity contribution is 5.76. The summed E-state index contributed by atoms with van der Waals surface area (Å²) < 4.78 is 4.18. The lowest BCUT2D eigenvalue weighted by atomic mass is 9.97. The lowest BCUT2D eigenvalue weighted by Gasteiger charge is -2.33. The molecule has 0 spiro atoms. The molecule has 1 atom stereocenters. The monoisotopic (exact) mass is 342 g/mol. The number of piperidine rings is 1. The number of amides is 1. The third-order valence-electron chi connectivity index (χ3n) is 5.22. The molecule has 0 aliphatic carbocycles. The molecular weight excluding hydrogens is 316 g/mol. The van der Waals surface area contributed by atoms with Crippen LogP contribution in [0.5, 0.6) is 0 Å². The van der Waals surface area contributed by atoms with Crippen molar-refractivity contribution in [3.63, 3.8) is 0 Å². The fourth-order valence-electron chi connectivity index (χ4n) is 3.90. The maximum absolute atomic E-state index is 12.6. The van der Waals surface area contributed by atoms with Crippen LogP contribution < -0.4 is 5.32 Å². The Bertz CT molecular complexity index is 684. The highest BCUT2D eigenvalue weighted by atomic mass is 16.2. The van der Waals surface area contributed by atoms with Gasteiger partial charge < -0.3 is 14.8 Å². The normalized spacial score (nSPS) is 20.5. The predicted octanol–water partition coefficient (Wildman–Crippen LogP) is 1.05. The number of likely N-dealkylation sites (tertiary alicyclic amines) is 1. The molecule has 4 rings (SSSR count). The zero-order valence-corrected chi connectivity index (χ0v) is 14.6. The third-order valence-corrected chi connectivity index (χ3v) is 5.22. The van der Waals surface area contributed by atoms with Gasteiger partial charge in [-0.2, -0.15) is 5.10 Å². The van der Waals surface area contributed by atoms with Crippen LogP contribution in [0.4, 0.5) is 0 Å². The van der Waals surface area contributed by atoms with Crippen LogP contribution in [0.2, 0.25) is 0 Å². The number of rotatable bonds is 5. The molecule has 2 aliphatic rings. The van der Waals surface area contributed by atoms with Gasteiger partial charge in [0.15, 0.2) is 0 Å². The summed E-state index contributed by atoms with van der Waals surface area (Å²) in [6, 6.07) is 2.14. The van der Waals surface area contributed by atoms with Gasteiger partial charge in [0.2, 0.25) is 5.91 Å². The van der Waals surface area contributed by atoms with Crippen LogP contribution in [0.25, 0.3) is 0 Å². The molecule has 1 amide bonds.